The summed E-state index contributed by atoms with van der Waals surface area (Å²) in [5.41, 5.74) is 2.20. The van der Waals surface area contributed by atoms with Crippen LogP contribution in [0.4, 0.5) is 0 Å². The fourth-order valence-corrected chi connectivity index (χ4v) is 2.44. The predicted octanol–water partition coefficient (Wildman–Crippen LogP) is 1.75. The van der Waals surface area contributed by atoms with Gasteiger partial charge in [0.25, 0.3) is 11.5 Å². The highest BCUT2D eigenvalue weighted by Gasteiger charge is 2.12. The number of H-pyrrole nitrogens is 1. The van der Waals surface area contributed by atoms with E-state index < -0.39 is 5.91 Å². The molecule has 21 heavy (non-hydrogen) atoms. The van der Waals surface area contributed by atoms with Gasteiger partial charge in [-0.1, -0.05) is 24.3 Å². The fourth-order valence-electron chi connectivity index (χ4n) is 1.86. The molecule has 3 rings (SSSR count). The normalized spacial score (nSPS) is 11.0. The van der Waals surface area contributed by atoms with E-state index in [2.05, 4.69) is 20.7 Å². The van der Waals surface area contributed by atoms with E-state index in [1.54, 1.807) is 30.5 Å². The lowest BCUT2D eigenvalue weighted by Gasteiger charge is -2.02. The van der Waals surface area contributed by atoms with Crippen molar-refractivity contribution in [2.75, 3.05) is 0 Å². The highest BCUT2D eigenvalue weighted by molar-refractivity contribution is 7.11. The standard InChI is InChI=1S/C14H10N4O2S/c19-13-11-6-2-1-5-10(11)12(16-18-13)14(20)17-15-8-9-4-3-7-21-9/h1-8H,(H,17,20)(H,18,19)/b15-8+. The van der Waals surface area contributed by atoms with Gasteiger partial charge in [-0.2, -0.15) is 10.2 Å². The number of nitrogens with zero attached hydrogens (tertiary/aromatic N) is 2. The van der Waals surface area contributed by atoms with Gasteiger partial charge < -0.3 is 0 Å². The molecule has 0 spiro atoms. The Kier molecular flexibility index (Phi) is 3.57. The zero-order chi connectivity index (χ0) is 14.7. The first kappa shape index (κ1) is 13.2. The van der Waals surface area contributed by atoms with E-state index in [1.165, 1.54) is 11.3 Å². The number of benzene rings is 1. The van der Waals surface area contributed by atoms with Gasteiger partial charge in [-0.3, -0.25) is 9.59 Å². The van der Waals surface area contributed by atoms with Crippen LogP contribution in [0, 0.1) is 0 Å². The molecular weight excluding hydrogens is 288 g/mol. The monoisotopic (exact) mass is 298 g/mol. The zero-order valence-corrected chi connectivity index (χ0v) is 11.6. The van der Waals surface area contributed by atoms with Crippen molar-refractivity contribution in [2.45, 2.75) is 0 Å². The van der Waals surface area contributed by atoms with Gasteiger partial charge in [-0.25, -0.2) is 10.5 Å². The van der Waals surface area contributed by atoms with Gasteiger partial charge in [0, 0.05) is 10.3 Å². The molecule has 0 saturated heterocycles. The summed E-state index contributed by atoms with van der Waals surface area (Å²) < 4.78 is 0. The minimum atomic E-state index is -0.477. The SMILES string of the molecule is O=C(N/N=C/c1cccs1)c1n[nH]c(=O)c2ccccc12. The number of nitrogens with one attached hydrogen (secondary N) is 2. The van der Waals surface area contributed by atoms with Crippen LogP contribution in [0.15, 0.2) is 51.7 Å². The maximum absolute atomic E-state index is 12.1. The summed E-state index contributed by atoms with van der Waals surface area (Å²) in [4.78, 5) is 24.7. The highest BCUT2D eigenvalue weighted by atomic mass is 32.1. The molecule has 0 fully saturated rings. The Morgan fingerprint density at radius 3 is 2.81 bits per heavy atom. The van der Waals surface area contributed by atoms with E-state index in [1.807, 2.05) is 17.5 Å². The maximum Gasteiger partial charge on any atom is 0.292 e. The van der Waals surface area contributed by atoms with Crippen LogP contribution in [0.3, 0.4) is 0 Å². The van der Waals surface area contributed by atoms with Crippen molar-refractivity contribution < 1.29 is 4.79 Å². The molecule has 2 N–H and O–H groups in total. The van der Waals surface area contributed by atoms with E-state index in [4.69, 9.17) is 0 Å². The van der Waals surface area contributed by atoms with E-state index in [0.717, 1.165) is 4.88 Å². The van der Waals surface area contributed by atoms with Crippen LogP contribution < -0.4 is 11.0 Å². The number of fused-ring (bicyclic) bond motifs is 1. The van der Waals surface area contributed by atoms with Crippen LogP contribution in [0.2, 0.25) is 0 Å². The lowest BCUT2D eigenvalue weighted by atomic mass is 10.1. The second-order valence-corrected chi connectivity index (χ2v) is 5.14. The molecule has 0 unspecified atom stereocenters. The Balaban J connectivity index is 1.88. The summed E-state index contributed by atoms with van der Waals surface area (Å²) in [5.74, 6) is -0.477. The van der Waals surface area contributed by atoms with Crippen molar-refractivity contribution in [1.29, 1.82) is 0 Å². The molecular formula is C14H10N4O2S. The van der Waals surface area contributed by atoms with Crippen LogP contribution in [-0.2, 0) is 0 Å². The van der Waals surface area contributed by atoms with Gasteiger partial charge in [0.2, 0.25) is 0 Å². The van der Waals surface area contributed by atoms with Crippen molar-refractivity contribution in [3.8, 4) is 0 Å². The van der Waals surface area contributed by atoms with Crippen molar-refractivity contribution >= 4 is 34.2 Å². The number of hydrazone groups is 1. The Morgan fingerprint density at radius 2 is 2.05 bits per heavy atom. The first-order valence-electron chi connectivity index (χ1n) is 6.10. The second kappa shape index (κ2) is 5.68. The zero-order valence-electron chi connectivity index (χ0n) is 10.7. The minimum absolute atomic E-state index is 0.133. The summed E-state index contributed by atoms with van der Waals surface area (Å²) >= 11 is 1.51. The summed E-state index contributed by atoms with van der Waals surface area (Å²) in [6, 6.07) is 10.6. The third-order valence-corrected chi connectivity index (χ3v) is 3.62. The largest absolute Gasteiger partial charge is 0.292 e. The number of aromatic amines is 1. The molecule has 1 amide bonds. The molecule has 0 radical (unpaired) electrons. The summed E-state index contributed by atoms with van der Waals surface area (Å²) in [6.07, 6.45) is 1.55. The van der Waals surface area contributed by atoms with E-state index in [0.29, 0.717) is 10.8 Å². The number of hydrogen-bond acceptors (Lipinski definition) is 5. The number of rotatable bonds is 3. The smallest absolute Gasteiger partial charge is 0.267 e. The van der Waals surface area contributed by atoms with E-state index in [-0.39, 0.29) is 11.3 Å². The van der Waals surface area contributed by atoms with Gasteiger partial charge in [0.1, 0.15) is 0 Å². The first-order chi connectivity index (χ1) is 10.3. The fraction of sp³-hybridized carbons (Fsp3) is 0. The Morgan fingerprint density at radius 1 is 1.24 bits per heavy atom. The quantitative estimate of drug-likeness (QED) is 0.570. The van der Waals surface area contributed by atoms with Gasteiger partial charge >= 0.3 is 0 Å². The number of amides is 1. The van der Waals surface area contributed by atoms with Gasteiger partial charge in [0.05, 0.1) is 11.6 Å². The van der Waals surface area contributed by atoms with Crippen molar-refractivity contribution in [3.05, 3.63) is 62.7 Å². The topological polar surface area (TPSA) is 87.2 Å². The Bertz CT molecular complexity index is 868. The molecule has 0 aliphatic rings. The van der Waals surface area contributed by atoms with Gasteiger partial charge in [-0.05, 0) is 17.5 Å². The summed E-state index contributed by atoms with van der Waals surface area (Å²) in [5, 5.41) is 12.8. The molecule has 7 heteroatoms. The molecule has 0 saturated carbocycles. The van der Waals surface area contributed by atoms with Gasteiger partial charge in [0.15, 0.2) is 5.69 Å². The molecule has 3 aromatic rings. The van der Waals surface area contributed by atoms with E-state index in [9.17, 15) is 9.59 Å². The van der Waals surface area contributed by atoms with E-state index >= 15 is 0 Å². The second-order valence-electron chi connectivity index (χ2n) is 4.16. The van der Waals surface area contributed by atoms with Gasteiger partial charge in [-0.15, -0.1) is 11.3 Å². The van der Waals surface area contributed by atoms with Crippen molar-refractivity contribution in [2.24, 2.45) is 5.10 Å². The van der Waals surface area contributed by atoms with Crippen LogP contribution in [0.1, 0.15) is 15.4 Å². The number of aromatic nitrogens is 2. The van der Waals surface area contributed by atoms with Crippen LogP contribution in [-0.4, -0.2) is 22.3 Å². The summed E-state index contributed by atoms with van der Waals surface area (Å²) in [6.45, 7) is 0. The number of hydrogen-bond donors (Lipinski definition) is 2. The molecule has 2 heterocycles. The number of carbonyl (C=O) groups excluding carboxylic acids is 1. The van der Waals surface area contributed by atoms with Crippen molar-refractivity contribution in [3.63, 3.8) is 0 Å². The maximum atomic E-state index is 12.1. The third kappa shape index (κ3) is 2.72. The molecule has 0 bridgehead atoms. The Hall–Kier alpha value is -2.80. The predicted molar refractivity (Wildman–Crippen MR) is 81.7 cm³/mol. The molecule has 104 valence electrons. The number of carbonyl (C=O) groups is 1. The highest BCUT2D eigenvalue weighted by Crippen LogP contribution is 2.12. The lowest BCUT2D eigenvalue weighted by molar-refractivity contribution is 0.0951. The van der Waals surface area contributed by atoms with Crippen molar-refractivity contribution in [1.82, 2.24) is 15.6 Å². The molecule has 0 aliphatic heterocycles. The molecule has 1 aromatic carbocycles. The third-order valence-electron chi connectivity index (χ3n) is 2.81. The average Bonchev–Trinajstić information content (AvgIpc) is 3.01. The molecule has 0 atom stereocenters. The average molecular weight is 298 g/mol. The first-order valence-corrected chi connectivity index (χ1v) is 6.98. The lowest BCUT2D eigenvalue weighted by Crippen LogP contribution is -2.22. The van der Waals surface area contributed by atoms with Crippen LogP contribution >= 0.6 is 11.3 Å². The molecule has 2 aromatic heterocycles. The summed E-state index contributed by atoms with van der Waals surface area (Å²) in [7, 11) is 0. The minimum Gasteiger partial charge on any atom is -0.267 e. The van der Waals surface area contributed by atoms with Crippen LogP contribution in [0.25, 0.3) is 10.8 Å². The molecule has 0 aliphatic carbocycles. The molecule has 6 nitrogen and oxygen atoms in total. The number of thiophene rings is 1. The van der Waals surface area contributed by atoms with Crippen LogP contribution in [0.5, 0.6) is 0 Å². The Labute approximate surface area is 123 Å².